The second kappa shape index (κ2) is 8.87. The molecule has 0 fully saturated rings. The summed E-state index contributed by atoms with van der Waals surface area (Å²) in [6, 6.07) is 28.2. The molecule has 6 heteroatoms. The van der Waals surface area contributed by atoms with Gasteiger partial charge in [0.1, 0.15) is 12.4 Å². The van der Waals surface area contributed by atoms with Crippen LogP contribution >= 0.6 is 0 Å². The monoisotopic (exact) mass is 397 g/mol. The van der Waals surface area contributed by atoms with Gasteiger partial charge in [-0.3, -0.25) is 15.5 Å². The first kappa shape index (κ1) is 19.1. The van der Waals surface area contributed by atoms with Gasteiger partial charge in [0.25, 0.3) is 5.69 Å². The quantitative estimate of drug-likeness (QED) is 0.244. The predicted octanol–water partition coefficient (Wildman–Crippen LogP) is 5.77. The summed E-state index contributed by atoms with van der Waals surface area (Å²) in [4.78, 5) is 10.3. The summed E-state index contributed by atoms with van der Waals surface area (Å²) in [5, 5.41) is 17.3. The molecule has 0 aliphatic heterocycles. The van der Waals surface area contributed by atoms with Gasteiger partial charge in [0, 0.05) is 12.1 Å². The van der Waals surface area contributed by atoms with Crippen LogP contribution in [0.3, 0.4) is 0 Å². The lowest BCUT2D eigenvalue weighted by Crippen LogP contribution is -1.97. The second-order valence-electron chi connectivity index (χ2n) is 6.67. The van der Waals surface area contributed by atoms with E-state index in [9.17, 15) is 10.1 Å². The van der Waals surface area contributed by atoms with E-state index in [1.807, 2.05) is 42.5 Å². The Morgan fingerprint density at radius 1 is 0.933 bits per heavy atom. The van der Waals surface area contributed by atoms with Crippen molar-refractivity contribution in [2.24, 2.45) is 5.10 Å². The van der Waals surface area contributed by atoms with Gasteiger partial charge in [-0.25, -0.2) is 0 Å². The summed E-state index contributed by atoms with van der Waals surface area (Å²) >= 11 is 0. The molecule has 0 unspecified atom stereocenters. The number of benzene rings is 4. The first-order chi connectivity index (χ1) is 14.7. The van der Waals surface area contributed by atoms with Gasteiger partial charge >= 0.3 is 0 Å². The van der Waals surface area contributed by atoms with Crippen LogP contribution in [-0.4, -0.2) is 11.1 Å². The number of hydrogen-bond acceptors (Lipinski definition) is 5. The average Bonchev–Trinajstić information content (AvgIpc) is 2.78. The molecule has 148 valence electrons. The van der Waals surface area contributed by atoms with E-state index in [2.05, 4.69) is 34.8 Å². The number of nitrogens with one attached hydrogen (secondary N) is 1. The van der Waals surface area contributed by atoms with E-state index in [-0.39, 0.29) is 5.69 Å². The Kier molecular flexibility index (Phi) is 5.66. The van der Waals surface area contributed by atoms with Crippen LogP contribution in [0.2, 0.25) is 0 Å². The minimum absolute atomic E-state index is 0.0422. The Morgan fingerprint density at radius 2 is 1.70 bits per heavy atom. The molecule has 0 bridgehead atoms. The van der Waals surface area contributed by atoms with Crippen LogP contribution < -0.4 is 10.2 Å². The highest BCUT2D eigenvalue weighted by Gasteiger charge is 2.04. The van der Waals surface area contributed by atoms with Gasteiger partial charge in [0.05, 0.1) is 16.8 Å². The molecule has 0 aliphatic rings. The number of hydrazone groups is 1. The van der Waals surface area contributed by atoms with Crippen molar-refractivity contribution >= 4 is 28.4 Å². The summed E-state index contributed by atoms with van der Waals surface area (Å²) in [5.74, 6) is 0.752. The summed E-state index contributed by atoms with van der Waals surface area (Å²) < 4.78 is 6.00. The van der Waals surface area contributed by atoms with Crippen molar-refractivity contribution in [1.29, 1.82) is 0 Å². The summed E-state index contributed by atoms with van der Waals surface area (Å²) in [6.07, 6.45) is 1.67. The van der Waals surface area contributed by atoms with Crippen LogP contribution in [-0.2, 0) is 6.61 Å². The van der Waals surface area contributed by atoms with Crippen molar-refractivity contribution in [3.05, 3.63) is 112 Å². The molecule has 0 spiro atoms. The molecule has 0 aliphatic carbocycles. The lowest BCUT2D eigenvalue weighted by Gasteiger charge is -2.09. The number of rotatable bonds is 7. The topological polar surface area (TPSA) is 76.8 Å². The summed E-state index contributed by atoms with van der Waals surface area (Å²) in [5.41, 5.74) is 5.58. The largest absolute Gasteiger partial charge is 0.489 e. The first-order valence-electron chi connectivity index (χ1n) is 9.42. The zero-order valence-electron chi connectivity index (χ0n) is 16.1. The van der Waals surface area contributed by atoms with E-state index in [1.54, 1.807) is 18.3 Å². The molecule has 0 atom stereocenters. The minimum atomic E-state index is -0.434. The average molecular weight is 397 g/mol. The molecule has 4 rings (SSSR count). The van der Waals surface area contributed by atoms with Crippen LogP contribution in [0.5, 0.6) is 5.75 Å². The van der Waals surface area contributed by atoms with Crippen molar-refractivity contribution in [1.82, 2.24) is 0 Å². The summed E-state index contributed by atoms with van der Waals surface area (Å²) in [6.45, 7) is 0.475. The molecule has 6 nitrogen and oxygen atoms in total. The number of fused-ring (bicyclic) bond motifs is 1. The lowest BCUT2D eigenvalue weighted by atomic mass is 10.1. The molecule has 0 saturated heterocycles. The highest BCUT2D eigenvalue weighted by atomic mass is 16.6. The maximum absolute atomic E-state index is 10.7. The number of ether oxygens (including phenoxy) is 1. The number of nitro benzene ring substituents is 1. The Balaban J connectivity index is 1.40. The molecule has 0 saturated carbocycles. The van der Waals surface area contributed by atoms with Gasteiger partial charge in [-0.15, -0.1) is 0 Å². The van der Waals surface area contributed by atoms with Crippen LogP contribution in [0.15, 0.2) is 96.1 Å². The smallest absolute Gasteiger partial charge is 0.269 e. The van der Waals surface area contributed by atoms with Crippen LogP contribution in [0.4, 0.5) is 11.4 Å². The fourth-order valence-electron chi connectivity index (χ4n) is 3.10. The van der Waals surface area contributed by atoms with E-state index in [0.717, 1.165) is 16.9 Å². The molecular formula is C24H19N3O3. The van der Waals surface area contributed by atoms with E-state index in [4.69, 9.17) is 4.74 Å². The number of nitrogens with zero attached hydrogens (tertiary/aromatic N) is 2. The van der Waals surface area contributed by atoms with Crippen molar-refractivity contribution in [2.75, 3.05) is 5.43 Å². The Labute approximate surface area is 173 Å². The van der Waals surface area contributed by atoms with E-state index < -0.39 is 4.92 Å². The molecule has 4 aromatic rings. The van der Waals surface area contributed by atoms with Gasteiger partial charge in [0.2, 0.25) is 0 Å². The van der Waals surface area contributed by atoms with E-state index >= 15 is 0 Å². The Hall–Kier alpha value is -4.19. The van der Waals surface area contributed by atoms with Crippen molar-refractivity contribution in [3.63, 3.8) is 0 Å². The molecule has 0 heterocycles. The van der Waals surface area contributed by atoms with E-state index in [1.165, 1.54) is 22.9 Å². The number of anilines is 1. The molecular weight excluding hydrogens is 378 g/mol. The molecule has 0 aromatic heterocycles. The van der Waals surface area contributed by atoms with Gasteiger partial charge in [-0.1, -0.05) is 54.6 Å². The lowest BCUT2D eigenvalue weighted by molar-refractivity contribution is -0.384. The minimum Gasteiger partial charge on any atom is -0.489 e. The fourth-order valence-corrected chi connectivity index (χ4v) is 3.10. The van der Waals surface area contributed by atoms with Crippen molar-refractivity contribution < 1.29 is 9.66 Å². The third kappa shape index (κ3) is 4.62. The van der Waals surface area contributed by atoms with Crippen LogP contribution in [0, 0.1) is 10.1 Å². The zero-order chi connectivity index (χ0) is 20.8. The molecule has 30 heavy (non-hydrogen) atoms. The normalized spacial score (nSPS) is 10.9. The highest BCUT2D eigenvalue weighted by molar-refractivity contribution is 5.85. The molecule has 0 amide bonds. The standard InChI is InChI=1S/C24H19N3O3/c28-27(29)22-13-11-21(12-14-22)26-25-16-18-5-3-9-23(15-18)30-17-20-8-4-7-19-6-1-2-10-24(19)20/h1-16,26H,17H2/b25-16-. The van der Waals surface area contributed by atoms with Crippen LogP contribution in [0.25, 0.3) is 10.8 Å². The number of non-ortho nitro benzene ring substituents is 1. The van der Waals surface area contributed by atoms with Gasteiger partial charge < -0.3 is 4.74 Å². The number of nitro groups is 1. The Bertz CT molecular complexity index is 1200. The SMILES string of the molecule is O=[N+]([O-])c1ccc(N/N=C\c2cccc(OCc3cccc4ccccc34)c2)cc1. The molecule has 1 N–H and O–H groups in total. The molecule has 0 radical (unpaired) electrons. The maximum atomic E-state index is 10.7. The molecule has 4 aromatic carbocycles. The first-order valence-corrected chi connectivity index (χ1v) is 9.42. The van der Waals surface area contributed by atoms with Crippen molar-refractivity contribution in [2.45, 2.75) is 6.61 Å². The zero-order valence-corrected chi connectivity index (χ0v) is 16.1. The number of hydrogen-bond donors (Lipinski definition) is 1. The van der Waals surface area contributed by atoms with Crippen molar-refractivity contribution in [3.8, 4) is 5.75 Å². The second-order valence-corrected chi connectivity index (χ2v) is 6.67. The maximum Gasteiger partial charge on any atom is 0.269 e. The van der Waals surface area contributed by atoms with Crippen LogP contribution in [0.1, 0.15) is 11.1 Å². The van der Waals surface area contributed by atoms with Gasteiger partial charge in [-0.05, 0) is 46.2 Å². The van der Waals surface area contributed by atoms with E-state index in [0.29, 0.717) is 12.3 Å². The predicted molar refractivity (Wildman–Crippen MR) is 119 cm³/mol. The van der Waals surface area contributed by atoms with Gasteiger partial charge in [-0.2, -0.15) is 5.10 Å². The third-order valence-corrected chi connectivity index (χ3v) is 4.62. The van der Waals surface area contributed by atoms with Gasteiger partial charge in [0.15, 0.2) is 0 Å². The highest BCUT2D eigenvalue weighted by Crippen LogP contribution is 2.21. The fraction of sp³-hybridized carbons (Fsp3) is 0.0417. The third-order valence-electron chi connectivity index (χ3n) is 4.62. The Morgan fingerprint density at radius 3 is 2.53 bits per heavy atom. The summed E-state index contributed by atoms with van der Waals surface area (Å²) in [7, 11) is 0.